The average Bonchev–Trinajstić information content (AvgIpc) is 2.10. The molecule has 3 N–H and O–H groups in total. The van der Waals surface area contributed by atoms with Crippen molar-refractivity contribution in [1.29, 1.82) is 0 Å². The number of carbonyl (C=O) groups is 1. The maximum atomic E-state index is 10.5. The molecule has 15 heavy (non-hydrogen) atoms. The Balaban J connectivity index is 4.78. The smallest absolute Gasteiger partial charge is 0.305 e. The molecule has 0 aromatic rings. The van der Waals surface area contributed by atoms with Crippen LogP contribution >= 0.6 is 0 Å². The average molecular weight is 209 g/mol. The molecule has 84 valence electrons. The predicted molar refractivity (Wildman–Crippen MR) is 62.6 cm³/mol. The van der Waals surface area contributed by atoms with E-state index in [0.29, 0.717) is 0 Å². The van der Waals surface area contributed by atoms with Gasteiger partial charge in [-0.15, -0.1) is 0 Å². The lowest BCUT2D eigenvalue weighted by Gasteiger charge is -2.10. The standard InChI is InChI=1S/C12H19NO2/c1-4-5-6-10(7-9(2)3)11(13)8-12(14)15/h4-7,11H,8,13H2,1-3H3,(H,14,15)/b5-4-,10-6+/t11-/m0/s1. The summed E-state index contributed by atoms with van der Waals surface area (Å²) in [4.78, 5) is 10.5. The second-order valence-electron chi connectivity index (χ2n) is 3.62. The molecular formula is C12H19NO2. The van der Waals surface area contributed by atoms with E-state index in [9.17, 15) is 4.79 Å². The number of rotatable bonds is 5. The van der Waals surface area contributed by atoms with Crippen LogP contribution in [-0.4, -0.2) is 17.1 Å². The topological polar surface area (TPSA) is 63.3 Å². The normalized spacial score (nSPS) is 14.0. The lowest BCUT2D eigenvalue weighted by Crippen LogP contribution is -2.25. The van der Waals surface area contributed by atoms with Crippen LogP contribution < -0.4 is 5.73 Å². The Morgan fingerprint density at radius 2 is 2.07 bits per heavy atom. The molecule has 0 saturated heterocycles. The van der Waals surface area contributed by atoms with Gasteiger partial charge in [0.15, 0.2) is 0 Å². The van der Waals surface area contributed by atoms with Gasteiger partial charge in [-0.2, -0.15) is 0 Å². The molecule has 0 saturated carbocycles. The van der Waals surface area contributed by atoms with Gasteiger partial charge in [-0.1, -0.05) is 29.9 Å². The molecule has 1 atom stereocenters. The molecule has 0 aromatic heterocycles. The van der Waals surface area contributed by atoms with Crippen molar-refractivity contribution in [2.75, 3.05) is 0 Å². The summed E-state index contributed by atoms with van der Waals surface area (Å²) >= 11 is 0. The van der Waals surface area contributed by atoms with Crippen molar-refractivity contribution in [2.24, 2.45) is 5.73 Å². The maximum Gasteiger partial charge on any atom is 0.305 e. The van der Waals surface area contributed by atoms with Gasteiger partial charge >= 0.3 is 5.97 Å². The van der Waals surface area contributed by atoms with E-state index < -0.39 is 12.0 Å². The molecule has 0 aromatic carbocycles. The first-order valence-corrected chi connectivity index (χ1v) is 4.92. The molecule has 0 rings (SSSR count). The lowest BCUT2D eigenvalue weighted by molar-refractivity contribution is -0.137. The fourth-order valence-electron chi connectivity index (χ4n) is 1.13. The van der Waals surface area contributed by atoms with Crippen molar-refractivity contribution in [3.8, 4) is 0 Å². The Morgan fingerprint density at radius 3 is 2.47 bits per heavy atom. The third-order valence-electron chi connectivity index (χ3n) is 1.76. The lowest BCUT2D eigenvalue weighted by atomic mass is 10.0. The molecule has 0 bridgehead atoms. The van der Waals surface area contributed by atoms with Crippen molar-refractivity contribution < 1.29 is 9.90 Å². The molecule has 0 aliphatic heterocycles. The maximum absolute atomic E-state index is 10.5. The second-order valence-corrected chi connectivity index (χ2v) is 3.62. The van der Waals surface area contributed by atoms with Crippen LogP contribution in [0.3, 0.4) is 0 Å². The molecule has 0 spiro atoms. The molecule has 0 aliphatic carbocycles. The van der Waals surface area contributed by atoms with Gasteiger partial charge in [0.1, 0.15) is 0 Å². The first-order valence-electron chi connectivity index (χ1n) is 4.92. The van der Waals surface area contributed by atoms with E-state index in [1.54, 1.807) is 0 Å². The zero-order chi connectivity index (χ0) is 11.8. The van der Waals surface area contributed by atoms with Crippen LogP contribution in [0.4, 0.5) is 0 Å². The van der Waals surface area contributed by atoms with Crippen LogP contribution in [0.25, 0.3) is 0 Å². The van der Waals surface area contributed by atoms with Crippen molar-refractivity contribution in [2.45, 2.75) is 33.2 Å². The minimum atomic E-state index is -0.879. The highest BCUT2D eigenvalue weighted by Gasteiger charge is 2.10. The van der Waals surface area contributed by atoms with Gasteiger partial charge in [-0.3, -0.25) is 4.79 Å². The van der Waals surface area contributed by atoms with Crippen LogP contribution in [0.5, 0.6) is 0 Å². The van der Waals surface area contributed by atoms with Gasteiger partial charge < -0.3 is 10.8 Å². The Bertz CT molecular complexity index is 297. The summed E-state index contributed by atoms with van der Waals surface area (Å²) in [6.07, 6.45) is 7.45. The molecule has 3 heteroatoms. The number of hydrogen-bond donors (Lipinski definition) is 2. The summed E-state index contributed by atoms with van der Waals surface area (Å²) in [5.74, 6) is -0.879. The van der Waals surface area contributed by atoms with Crippen LogP contribution in [-0.2, 0) is 4.79 Å². The second kappa shape index (κ2) is 7.01. The van der Waals surface area contributed by atoms with E-state index >= 15 is 0 Å². The van der Waals surface area contributed by atoms with E-state index in [2.05, 4.69) is 0 Å². The van der Waals surface area contributed by atoms with E-state index in [-0.39, 0.29) is 6.42 Å². The number of nitrogens with two attached hydrogens (primary N) is 1. The van der Waals surface area contributed by atoms with E-state index in [1.165, 1.54) is 0 Å². The largest absolute Gasteiger partial charge is 0.481 e. The Kier molecular flexibility index (Phi) is 6.38. The molecule has 0 fully saturated rings. The predicted octanol–water partition coefficient (Wildman–Crippen LogP) is 2.26. The third kappa shape index (κ3) is 6.69. The molecule has 0 unspecified atom stereocenters. The van der Waals surface area contributed by atoms with E-state index in [1.807, 2.05) is 45.1 Å². The quantitative estimate of drug-likeness (QED) is 0.683. The number of aliphatic carboxylic acids is 1. The molecule has 3 nitrogen and oxygen atoms in total. The number of allylic oxidation sites excluding steroid dienone is 4. The minimum Gasteiger partial charge on any atom is -0.481 e. The number of hydrogen-bond acceptors (Lipinski definition) is 2. The fourth-order valence-corrected chi connectivity index (χ4v) is 1.13. The van der Waals surface area contributed by atoms with Crippen LogP contribution in [0.15, 0.2) is 35.5 Å². The van der Waals surface area contributed by atoms with E-state index in [0.717, 1.165) is 11.1 Å². The van der Waals surface area contributed by atoms with Gasteiger partial charge in [0, 0.05) is 6.04 Å². The highest BCUT2D eigenvalue weighted by molar-refractivity contribution is 5.68. The third-order valence-corrected chi connectivity index (χ3v) is 1.76. The molecule has 0 heterocycles. The van der Waals surface area contributed by atoms with Gasteiger partial charge in [0.05, 0.1) is 6.42 Å². The van der Waals surface area contributed by atoms with Crippen molar-refractivity contribution in [1.82, 2.24) is 0 Å². The number of carboxylic acid groups (broad SMARTS) is 1. The van der Waals surface area contributed by atoms with Crippen LogP contribution in [0.1, 0.15) is 27.2 Å². The zero-order valence-corrected chi connectivity index (χ0v) is 9.53. The van der Waals surface area contributed by atoms with Gasteiger partial charge in [0.2, 0.25) is 0 Å². The zero-order valence-electron chi connectivity index (χ0n) is 9.53. The SMILES string of the molecule is C/C=C\C=C(/C=C(C)C)[C@@H](N)CC(=O)O. The first-order chi connectivity index (χ1) is 6.97. The summed E-state index contributed by atoms with van der Waals surface area (Å²) in [5, 5.41) is 8.65. The van der Waals surface area contributed by atoms with Crippen molar-refractivity contribution in [3.05, 3.63) is 35.5 Å². The summed E-state index contributed by atoms with van der Waals surface area (Å²) < 4.78 is 0. The summed E-state index contributed by atoms with van der Waals surface area (Å²) in [7, 11) is 0. The molecule has 0 aliphatic rings. The molecule has 0 amide bonds. The van der Waals surface area contributed by atoms with Crippen molar-refractivity contribution in [3.63, 3.8) is 0 Å². The van der Waals surface area contributed by atoms with E-state index in [4.69, 9.17) is 10.8 Å². The van der Waals surface area contributed by atoms with Crippen LogP contribution in [0, 0.1) is 0 Å². The Labute approximate surface area is 91.0 Å². The first kappa shape index (κ1) is 13.7. The highest BCUT2D eigenvalue weighted by atomic mass is 16.4. The summed E-state index contributed by atoms with van der Waals surface area (Å²) in [6.45, 7) is 5.81. The van der Waals surface area contributed by atoms with Gasteiger partial charge in [-0.25, -0.2) is 0 Å². The van der Waals surface area contributed by atoms with Gasteiger partial charge in [0.25, 0.3) is 0 Å². The Hall–Kier alpha value is -1.35. The van der Waals surface area contributed by atoms with Crippen LogP contribution in [0.2, 0.25) is 0 Å². The highest BCUT2D eigenvalue weighted by Crippen LogP contribution is 2.09. The summed E-state index contributed by atoms with van der Waals surface area (Å²) in [6, 6.07) is -0.450. The monoisotopic (exact) mass is 209 g/mol. The minimum absolute atomic E-state index is 0.0484. The molecule has 0 radical (unpaired) electrons. The fraction of sp³-hybridized carbons (Fsp3) is 0.417. The number of carboxylic acids is 1. The summed E-state index contributed by atoms with van der Waals surface area (Å²) in [5.41, 5.74) is 7.73. The Morgan fingerprint density at radius 1 is 1.47 bits per heavy atom. The molecular weight excluding hydrogens is 190 g/mol. The van der Waals surface area contributed by atoms with Gasteiger partial charge in [-0.05, 0) is 26.3 Å². The van der Waals surface area contributed by atoms with Crippen molar-refractivity contribution >= 4 is 5.97 Å².